The lowest BCUT2D eigenvalue weighted by Crippen LogP contribution is -2.37. The van der Waals surface area contributed by atoms with Crippen LogP contribution in [0.25, 0.3) is 5.00 Å². The topological polar surface area (TPSA) is 89.4 Å². The fourth-order valence-corrected chi connectivity index (χ4v) is 3.15. The summed E-state index contributed by atoms with van der Waals surface area (Å²) in [6.07, 6.45) is 0. The Morgan fingerprint density at radius 3 is 2.42 bits per heavy atom. The van der Waals surface area contributed by atoms with Crippen LogP contribution in [-0.4, -0.2) is 42.6 Å². The van der Waals surface area contributed by atoms with Crippen LogP contribution in [0, 0.1) is 13.8 Å². The highest BCUT2D eigenvalue weighted by atomic mass is 32.1. The number of carbonyl (C=O) groups is 3. The van der Waals surface area contributed by atoms with Gasteiger partial charge in [0.25, 0.3) is 5.91 Å². The number of carbonyl (C=O) groups excluding carboxylic acids is 3. The zero-order chi connectivity index (χ0) is 17.7. The number of hydrogen-bond acceptors (Lipinski definition) is 5. The number of aryl methyl sites for hydroxylation is 2. The van der Waals surface area contributed by atoms with Gasteiger partial charge in [0.15, 0.2) is 6.61 Å². The zero-order valence-electron chi connectivity index (χ0n) is 13.7. The lowest BCUT2D eigenvalue weighted by atomic mass is 10.3. The number of aromatic nitrogens is 1. The number of esters is 1. The molecule has 2 amide bonds. The number of hydrogen-bond donors (Lipinski definition) is 2. The number of amides is 2. The van der Waals surface area contributed by atoms with E-state index >= 15 is 0 Å². The van der Waals surface area contributed by atoms with E-state index in [4.69, 9.17) is 4.74 Å². The Hall–Kier alpha value is -2.61. The second kappa shape index (κ2) is 7.78. The first-order valence-electron chi connectivity index (χ1n) is 7.31. The second-order valence-electron chi connectivity index (χ2n) is 5.12. The molecule has 2 N–H and O–H groups in total. The van der Waals surface area contributed by atoms with Crippen molar-refractivity contribution in [3.05, 3.63) is 40.5 Å². The molecule has 128 valence electrons. The van der Waals surface area contributed by atoms with Gasteiger partial charge in [-0.05, 0) is 37.4 Å². The summed E-state index contributed by atoms with van der Waals surface area (Å²) in [7, 11) is 1.47. The third kappa shape index (κ3) is 4.02. The van der Waals surface area contributed by atoms with Crippen molar-refractivity contribution < 1.29 is 19.1 Å². The first-order valence-corrected chi connectivity index (χ1v) is 8.19. The third-order valence-corrected chi connectivity index (χ3v) is 4.30. The van der Waals surface area contributed by atoms with E-state index in [1.165, 1.54) is 18.4 Å². The molecule has 2 aromatic rings. The zero-order valence-corrected chi connectivity index (χ0v) is 14.5. The number of ether oxygens (including phenoxy) is 1. The van der Waals surface area contributed by atoms with Gasteiger partial charge in [-0.15, -0.1) is 11.3 Å². The number of likely N-dealkylation sites (N-methyl/N-ethyl adjacent to an activating group) is 1. The summed E-state index contributed by atoms with van der Waals surface area (Å²) >= 11 is 1.42. The van der Waals surface area contributed by atoms with Crippen molar-refractivity contribution in [3.8, 4) is 5.00 Å². The van der Waals surface area contributed by atoms with Crippen LogP contribution < -0.4 is 10.6 Å². The lowest BCUT2D eigenvalue weighted by Gasteiger charge is -2.10. The van der Waals surface area contributed by atoms with Crippen molar-refractivity contribution in [1.82, 2.24) is 15.2 Å². The Kier molecular flexibility index (Phi) is 5.75. The van der Waals surface area contributed by atoms with Crippen LogP contribution in [0.15, 0.2) is 23.6 Å². The summed E-state index contributed by atoms with van der Waals surface area (Å²) in [4.78, 5) is 34.9. The average Bonchev–Trinajstić information content (AvgIpc) is 3.16. The molecule has 0 fully saturated rings. The minimum Gasteiger partial charge on any atom is -0.452 e. The smallest absolute Gasteiger partial charge is 0.341 e. The van der Waals surface area contributed by atoms with Crippen molar-refractivity contribution in [1.29, 1.82) is 0 Å². The SMILES string of the molecule is CNC(=O)CNC(=O)COC(=O)c1ccsc1-n1c(C)ccc1C. The highest BCUT2D eigenvalue weighted by molar-refractivity contribution is 7.13. The number of nitrogens with zero attached hydrogens (tertiary/aromatic N) is 1. The molecule has 0 unspecified atom stereocenters. The van der Waals surface area contributed by atoms with E-state index in [2.05, 4.69) is 10.6 Å². The van der Waals surface area contributed by atoms with Gasteiger partial charge in [-0.3, -0.25) is 9.59 Å². The maximum absolute atomic E-state index is 12.3. The molecule has 0 aliphatic rings. The van der Waals surface area contributed by atoms with Crippen LogP contribution in [0.4, 0.5) is 0 Å². The average molecular weight is 349 g/mol. The van der Waals surface area contributed by atoms with Gasteiger partial charge in [-0.2, -0.15) is 0 Å². The van der Waals surface area contributed by atoms with E-state index in [1.807, 2.05) is 30.5 Å². The highest BCUT2D eigenvalue weighted by Crippen LogP contribution is 2.26. The quantitative estimate of drug-likeness (QED) is 0.766. The van der Waals surface area contributed by atoms with Gasteiger partial charge in [0.2, 0.25) is 5.91 Å². The highest BCUT2D eigenvalue weighted by Gasteiger charge is 2.19. The van der Waals surface area contributed by atoms with Crippen molar-refractivity contribution in [2.75, 3.05) is 20.2 Å². The molecule has 2 rings (SSSR count). The molecule has 0 spiro atoms. The van der Waals surface area contributed by atoms with Crippen molar-refractivity contribution >= 4 is 29.1 Å². The van der Waals surface area contributed by atoms with Gasteiger partial charge < -0.3 is 19.9 Å². The summed E-state index contributed by atoms with van der Waals surface area (Å²) in [6, 6.07) is 5.61. The minimum atomic E-state index is -0.575. The number of nitrogens with one attached hydrogen (secondary N) is 2. The predicted molar refractivity (Wildman–Crippen MR) is 90.5 cm³/mol. The normalized spacial score (nSPS) is 10.3. The van der Waals surface area contributed by atoms with Crippen molar-refractivity contribution in [2.45, 2.75) is 13.8 Å². The molecule has 7 nitrogen and oxygen atoms in total. The van der Waals surface area contributed by atoms with E-state index in [0.717, 1.165) is 16.4 Å². The lowest BCUT2D eigenvalue weighted by molar-refractivity contribution is -0.127. The van der Waals surface area contributed by atoms with Gasteiger partial charge in [0, 0.05) is 18.4 Å². The Morgan fingerprint density at radius 2 is 1.79 bits per heavy atom. The summed E-state index contributed by atoms with van der Waals surface area (Å²) in [5.74, 6) is -1.43. The standard InChI is InChI=1S/C16H19N3O4S/c1-10-4-5-11(2)19(10)15-12(6-7-24-15)16(22)23-9-14(21)18-8-13(20)17-3/h4-7H,8-9H2,1-3H3,(H,17,20)(H,18,21). The molecule has 2 heterocycles. The molecule has 2 aromatic heterocycles. The molecule has 0 atom stereocenters. The summed E-state index contributed by atoms with van der Waals surface area (Å²) in [6.45, 7) is 3.31. The summed E-state index contributed by atoms with van der Waals surface area (Å²) in [5, 5.41) is 7.30. The molecule has 0 aliphatic carbocycles. The second-order valence-corrected chi connectivity index (χ2v) is 6.01. The largest absolute Gasteiger partial charge is 0.452 e. The van der Waals surface area contributed by atoms with Gasteiger partial charge in [-0.25, -0.2) is 4.79 Å². The monoisotopic (exact) mass is 349 g/mol. The van der Waals surface area contributed by atoms with E-state index < -0.39 is 18.5 Å². The number of rotatable bonds is 6. The Morgan fingerprint density at radius 1 is 1.12 bits per heavy atom. The van der Waals surface area contributed by atoms with Crippen LogP contribution >= 0.6 is 11.3 Å². The molecule has 0 saturated heterocycles. The maximum atomic E-state index is 12.3. The summed E-state index contributed by atoms with van der Waals surface area (Å²) in [5.41, 5.74) is 2.42. The fourth-order valence-electron chi connectivity index (χ4n) is 2.15. The van der Waals surface area contributed by atoms with E-state index in [-0.39, 0.29) is 12.5 Å². The maximum Gasteiger partial charge on any atom is 0.341 e. The van der Waals surface area contributed by atoms with Gasteiger partial charge in [-0.1, -0.05) is 0 Å². The molecule has 0 saturated carbocycles. The molecule has 0 aliphatic heterocycles. The van der Waals surface area contributed by atoms with E-state index in [0.29, 0.717) is 5.56 Å². The van der Waals surface area contributed by atoms with Crippen LogP contribution in [-0.2, 0) is 14.3 Å². The first kappa shape index (κ1) is 17.7. The van der Waals surface area contributed by atoms with E-state index in [1.54, 1.807) is 11.4 Å². The van der Waals surface area contributed by atoms with Gasteiger partial charge >= 0.3 is 5.97 Å². The van der Waals surface area contributed by atoms with E-state index in [9.17, 15) is 14.4 Å². The number of thiophene rings is 1. The predicted octanol–water partition coefficient (Wildman–Crippen LogP) is 1.17. The van der Waals surface area contributed by atoms with Crippen molar-refractivity contribution in [3.63, 3.8) is 0 Å². The minimum absolute atomic E-state index is 0.154. The van der Waals surface area contributed by atoms with Gasteiger partial charge in [0.1, 0.15) is 5.00 Å². The molecular formula is C16H19N3O4S. The fraction of sp³-hybridized carbons (Fsp3) is 0.312. The summed E-state index contributed by atoms with van der Waals surface area (Å²) < 4.78 is 7.01. The molecule has 0 aromatic carbocycles. The van der Waals surface area contributed by atoms with Crippen LogP contribution in [0.2, 0.25) is 0 Å². The molecule has 0 bridgehead atoms. The molecular weight excluding hydrogens is 330 g/mol. The first-order chi connectivity index (χ1) is 11.4. The van der Waals surface area contributed by atoms with Gasteiger partial charge in [0.05, 0.1) is 12.1 Å². The Labute approximate surface area is 143 Å². The molecule has 24 heavy (non-hydrogen) atoms. The molecule has 0 radical (unpaired) electrons. The van der Waals surface area contributed by atoms with Crippen molar-refractivity contribution in [2.24, 2.45) is 0 Å². The van der Waals surface area contributed by atoms with Crippen LogP contribution in [0.5, 0.6) is 0 Å². The van der Waals surface area contributed by atoms with Crippen LogP contribution in [0.1, 0.15) is 21.7 Å². The van der Waals surface area contributed by atoms with Crippen LogP contribution in [0.3, 0.4) is 0 Å². The Balaban J connectivity index is 2.01. The molecule has 8 heteroatoms. The third-order valence-electron chi connectivity index (χ3n) is 3.40. The Bertz CT molecular complexity index is 744.